The van der Waals surface area contributed by atoms with Crippen molar-refractivity contribution in [2.24, 2.45) is 0 Å². The predicted molar refractivity (Wildman–Crippen MR) is 74.4 cm³/mol. The van der Waals surface area contributed by atoms with Crippen molar-refractivity contribution in [3.8, 4) is 11.5 Å². The molecule has 0 radical (unpaired) electrons. The van der Waals surface area contributed by atoms with Gasteiger partial charge in [0.05, 0.1) is 15.4 Å². The summed E-state index contributed by atoms with van der Waals surface area (Å²) in [7, 11) is 0. The van der Waals surface area contributed by atoms with Gasteiger partial charge < -0.3 is 4.42 Å². The Morgan fingerprint density at radius 3 is 2.82 bits per heavy atom. The second-order valence-electron chi connectivity index (χ2n) is 3.45. The van der Waals surface area contributed by atoms with E-state index in [1.54, 1.807) is 6.07 Å². The van der Waals surface area contributed by atoms with Gasteiger partial charge in [-0.2, -0.15) is 0 Å². The maximum Gasteiger partial charge on any atom is 0.249 e. The third-order valence-corrected chi connectivity index (χ3v) is 4.07. The summed E-state index contributed by atoms with van der Waals surface area (Å²) < 4.78 is 6.49. The largest absolute Gasteiger partial charge is 0.419 e. The van der Waals surface area contributed by atoms with Gasteiger partial charge in [0.25, 0.3) is 0 Å². The molecule has 1 unspecified atom stereocenters. The Balaban J connectivity index is 2.37. The van der Waals surface area contributed by atoms with Crippen molar-refractivity contribution in [3.63, 3.8) is 0 Å². The summed E-state index contributed by atoms with van der Waals surface area (Å²) in [5.41, 5.74) is 0.740. The number of nitrogens with zero attached hydrogens (tertiary/aromatic N) is 2. The quantitative estimate of drug-likeness (QED) is 0.704. The molecule has 0 aliphatic carbocycles. The highest BCUT2D eigenvalue weighted by atomic mass is 79.9. The zero-order valence-electron chi connectivity index (χ0n) is 8.95. The van der Waals surface area contributed by atoms with E-state index in [2.05, 4.69) is 42.1 Å². The average Bonchev–Trinajstić information content (AvgIpc) is 2.77. The van der Waals surface area contributed by atoms with E-state index in [4.69, 9.17) is 16.0 Å². The van der Waals surface area contributed by atoms with Gasteiger partial charge in [0, 0.05) is 4.47 Å². The second-order valence-corrected chi connectivity index (χ2v) is 5.87. The van der Waals surface area contributed by atoms with Crippen LogP contribution in [0, 0.1) is 0 Å². The molecule has 0 saturated heterocycles. The highest BCUT2D eigenvalue weighted by Gasteiger charge is 2.16. The molecule has 0 bridgehead atoms. The molecule has 0 aliphatic heterocycles. The lowest BCUT2D eigenvalue weighted by atomic mass is 10.2. The Kier molecular flexibility index (Phi) is 4.22. The van der Waals surface area contributed by atoms with Crippen LogP contribution in [-0.4, -0.2) is 10.2 Å². The molecular weight excluding hydrogens is 371 g/mol. The first kappa shape index (κ1) is 13.1. The summed E-state index contributed by atoms with van der Waals surface area (Å²) in [6.07, 6.45) is 0.885. The van der Waals surface area contributed by atoms with Gasteiger partial charge in [-0.05, 0) is 24.6 Å². The molecule has 1 aromatic carbocycles. The lowest BCUT2D eigenvalue weighted by molar-refractivity contribution is 0.500. The molecule has 0 N–H and O–H groups in total. The van der Waals surface area contributed by atoms with Crippen LogP contribution >= 0.6 is 43.5 Å². The normalized spacial score (nSPS) is 12.7. The van der Waals surface area contributed by atoms with Crippen LogP contribution in [0.15, 0.2) is 27.1 Å². The summed E-state index contributed by atoms with van der Waals surface area (Å²) in [6.45, 7) is 2.04. The molecular formula is C11H9Br2ClN2O. The minimum absolute atomic E-state index is 0.0815. The third-order valence-electron chi connectivity index (χ3n) is 2.23. The van der Waals surface area contributed by atoms with Crippen LogP contribution in [0.1, 0.15) is 24.1 Å². The third kappa shape index (κ3) is 2.89. The van der Waals surface area contributed by atoms with Crippen molar-refractivity contribution in [2.75, 3.05) is 0 Å². The second kappa shape index (κ2) is 5.50. The molecule has 1 aromatic heterocycles. The Morgan fingerprint density at radius 1 is 1.41 bits per heavy atom. The van der Waals surface area contributed by atoms with Gasteiger partial charge in [-0.25, -0.2) is 0 Å². The van der Waals surface area contributed by atoms with Crippen molar-refractivity contribution < 1.29 is 4.42 Å². The Morgan fingerprint density at radius 2 is 2.18 bits per heavy atom. The van der Waals surface area contributed by atoms with Gasteiger partial charge in [0.15, 0.2) is 0 Å². The van der Waals surface area contributed by atoms with Crippen LogP contribution in [0.2, 0.25) is 5.02 Å². The Hall–Kier alpha value is -0.390. The van der Waals surface area contributed by atoms with E-state index in [1.165, 1.54) is 0 Å². The Labute approximate surface area is 121 Å². The van der Waals surface area contributed by atoms with Crippen molar-refractivity contribution in [1.29, 1.82) is 0 Å². The average molecular weight is 380 g/mol. The van der Waals surface area contributed by atoms with Crippen molar-refractivity contribution in [3.05, 3.63) is 33.6 Å². The molecule has 0 fully saturated rings. The fourth-order valence-corrected chi connectivity index (χ4v) is 2.25. The molecule has 17 heavy (non-hydrogen) atoms. The summed E-state index contributed by atoms with van der Waals surface area (Å²) in [6, 6.07) is 5.53. The first-order valence-electron chi connectivity index (χ1n) is 5.04. The monoisotopic (exact) mass is 378 g/mol. The van der Waals surface area contributed by atoms with Gasteiger partial charge in [-0.15, -0.1) is 10.2 Å². The van der Waals surface area contributed by atoms with Gasteiger partial charge in [0.1, 0.15) is 0 Å². The van der Waals surface area contributed by atoms with E-state index < -0.39 is 0 Å². The standard InChI is InChI=1S/C11H9Br2ClN2O/c1-2-8(13)11-16-15-10(17-11)7-4-3-6(12)5-9(7)14/h3-5,8H,2H2,1H3. The van der Waals surface area contributed by atoms with Crippen molar-refractivity contribution in [1.82, 2.24) is 10.2 Å². The molecule has 1 atom stereocenters. The molecule has 0 amide bonds. The minimum atomic E-state index is 0.0815. The molecule has 3 nitrogen and oxygen atoms in total. The number of hydrogen-bond acceptors (Lipinski definition) is 3. The highest BCUT2D eigenvalue weighted by molar-refractivity contribution is 9.10. The number of benzene rings is 1. The van der Waals surface area contributed by atoms with E-state index in [0.29, 0.717) is 16.8 Å². The van der Waals surface area contributed by atoms with Crippen LogP contribution in [0.5, 0.6) is 0 Å². The van der Waals surface area contributed by atoms with Gasteiger partial charge in [-0.1, -0.05) is 50.4 Å². The lowest BCUT2D eigenvalue weighted by Gasteiger charge is -2.00. The lowest BCUT2D eigenvalue weighted by Crippen LogP contribution is -1.86. The zero-order chi connectivity index (χ0) is 12.4. The molecule has 1 heterocycles. The van der Waals surface area contributed by atoms with E-state index in [-0.39, 0.29) is 4.83 Å². The topological polar surface area (TPSA) is 38.9 Å². The van der Waals surface area contributed by atoms with Crippen LogP contribution in [0.3, 0.4) is 0 Å². The number of aromatic nitrogens is 2. The predicted octanol–water partition coefficient (Wildman–Crippen LogP) is 5.00. The minimum Gasteiger partial charge on any atom is -0.419 e. The Bertz CT molecular complexity index is 530. The molecule has 6 heteroatoms. The van der Waals surface area contributed by atoms with Gasteiger partial charge in [0.2, 0.25) is 11.8 Å². The first-order valence-corrected chi connectivity index (χ1v) is 7.13. The van der Waals surface area contributed by atoms with Crippen LogP contribution < -0.4 is 0 Å². The van der Waals surface area contributed by atoms with Crippen molar-refractivity contribution >= 4 is 43.5 Å². The highest BCUT2D eigenvalue weighted by Crippen LogP contribution is 2.32. The van der Waals surface area contributed by atoms with Crippen molar-refractivity contribution in [2.45, 2.75) is 18.2 Å². The molecule has 2 aromatic rings. The smallest absolute Gasteiger partial charge is 0.249 e. The van der Waals surface area contributed by atoms with E-state index in [9.17, 15) is 0 Å². The van der Waals surface area contributed by atoms with E-state index in [1.807, 2.05) is 19.1 Å². The number of alkyl halides is 1. The van der Waals surface area contributed by atoms with Gasteiger partial charge >= 0.3 is 0 Å². The summed E-state index contributed by atoms with van der Waals surface area (Å²) in [5, 5.41) is 8.57. The van der Waals surface area contributed by atoms with Crippen LogP contribution in [-0.2, 0) is 0 Å². The fraction of sp³-hybridized carbons (Fsp3) is 0.273. The number of halogens is 3. The maximum absolute atomic E-state index is 6.12. The van der Waals surface area contributed by atoms with Crippen LogP contribution in [0.25, 0.3) is 11.5 Å². The summed E-state index contributed by atoms with van der Waals surface area (Å²) >= 11 is 12.9. The summed E-state index contributed by atoms with van der Waals surface area (Å²) in [5.74, 6) is 1.01. The first-order chi connectivity index (χ1) is 8.11. The van der Waals surface area contributed by atoms with E-state index in [0.717, 1.165) is 16.5 Å². The van der Waals surface area contributed by atoms with Crippen LogP contribution in [0.4, 0.5) is 0 Å². The molecule has 0 aliphatic rings. The van der Waals surface area contributed by atoms with Gasteiger partial charge in [-0.3, -0.25) is 0 Å². The summed E-state index contributed by atoms with van der Waals surface area (Å²) in [4.78, 5) is 0.0815. The SMILES string of the molecule is CCC(Br)c1nnc(-c2ccc(Br)cc2Cl)o1. The van der Waals surface area contributed by atoms with E-state index >= 15 is 0 Å². The fourth-order valence-electron chi connectivity index (χ4n) is 1.31. The molecule has 2 rings (SSSR count). The molecule has 90 valence electrons. The molecule has 0 saturated carbocycles. The number of hydrogen-bond donors (Lipinski definition) is 0. The number of rotatable bonds is 3. The zero-order valence-corrected chi connectivity index (χ0v) is 12.9. The molecule has 0 spiro atoms. The maximum atomic E-state index is 6.12.